The van der Waals surface area contributed by atoms with Crippen molar-refractivity contribution in [3.63, 3.8) is 0 Å². The molecule has 1 aliphatic rings. The maximum absolute atomic E-state index is 13.5. The third-order valence-corrected chi connectivity index (χ3v) is 3.34. The number of hydrogen-bond acceptors (Lipinski definition) is 2. The third-order valence-electron chi connectivity index (χ3n) is 3.34. The van der Waals surface area contributed by atoms with Crippen molar-refractivity contribution >= 4 is 5.69 Å². The van der Waals surface area contributed by atoms with Gasteiger partial charge in [-0.25, -0.2) is 26.9 Å². The van der Waals surface area contributed by atoms with Crippen molar-refractivity contribution < 1.29 is 22.0 Å². The van der Waals surface area contributed by atoms with Gasteiger partial charge in [0.15, 0.2) is 23.3 Å². The van der Waals surface area contributed by atoms with E-state index >= 15 is 0 Å². The Morgan fingerprint density at radius 3 is 2.14 bits per heavy atom. The molecule has 112 valence electrons. The highest BCUT2D eigenvalue weighted by molar-refractivity contribution is 5.47. The predicted molar refractivity (Wildman–Crippen MR) is 64.1 cm³/mol. The molecule has 1 fully saturated rings. The Balaban J connectivity index is 1.87. The highest BCUT2D eigenvalue weighted by Gasteiger charge is 2.27. The van der Waals surface area contributed by atoms with E-state index in [-0.39, 0.29) is 6.54 Å². The summed E-state index contributed by atoms with van der Waals surface area (Å²) in [6, 6.07) is 0.292. The lowest BCUT2D eigenvalue weighted by atomic mass is 10.2. The second-order valence-corrected chi connectivity index (χ2v) is 4.82. The molecular formula is C13H10F5N3. The van der Waals surface area contributed by atoms with Gasteiger partial charge < -0.3 is 9.88 Å². The summed E-state index contributed by atoms with van der Waals surface area (Å²) < 4.78 is 67.9. The Kier molecular flexibility index (Phi) is 3.30. The quantitative estimate of drug-likeness (QED) is 0.532. The van der Waals surface area contributed by atoms with Crippen molar-refractivity contribution in [3.05, 3.63) is 47.3 Å². The summed E-state index contributed by atoms with van der Waals surface area (Å²) in [5.41, 5.74) is -0.420. The van der Waals surface area contributed by atoms with Crippen LogP contribution in [0.15, 0.2) is 12.5 Å². The summed E-state index contributed by atoms with van der Waals surface area (Å²) in [4.78, 5) is 3.92. The van der Waals surface area contributed by atoms with Crippen LogP contribution in [0.1, 0.15) is 24.6 Å². The average Bonchev–Trinajstić information content (AvgIpc) is 3.22. The van der Waals surface area contributed by atoms with E-state index in [4.69, 9.17) is 0 Å². The molecule has 0 unspecified atom stereocenters. The van der Waals surface area contributed by atoms with Gasteiger partial charge in [-0.1, -0.05) is 0 Å². The molecule has 0 aliphatic heterocycles. The van der Waals surface area contributed by atoms with E-state index in [0.717, 1.165) is 12.8 Å². The van der Waals surface area contributed by atoms with E-state index in [0.29, 0.717) is 11.7 Å². The van der Waals surface area contributed by atoms with Crippen LogP contribution < -0.4 is 5.32 Å². The number of benzene rings is 1. The molecule has 0 atom stereocenters. The van der Waals surface area contributed by atoms with Crippen molar-refractivity contribution in [2.45, 2.75) is 25.4 Å². The summed E-state index contributed by atoms with van der Waals surface area (Å²) >= 11 is 0. The van der Waals surface area contributed by atoms with Gasteiger partial charge in [0, 0.05) is 12.2 Å². The minimum Gasteiger partial charge on any atom is -0.374 e. The molecule has 1 heterocycles. The van der Waals surface area contributed by atoms with Crippen molar-refractivity contribution in [2.24, 2.45) is 0 Å². The Morgan fingerprint density at radius 1 is 1.00 bits per heavy atom. The van der Waals surface area contributed by atoms with Crippen molar-refractivity contribution in [1.29, 1.82) is 0 Å². The molecule has 1 aliphatic carbocycles. The first-order valence-corrected chi connectivity index (χ1v) is 6.26. The van der Waals surface area contributed by atoms with Crippen LogP contribution in [0.5, 0.6) is 0 Å². The Morgan fingerprint density at radius 2 is 1.57 bits per heavy atom. The van der Waals surface area contributed by atoms with Gasteiger partial charge in [-0.15, -0.1) is 0 Å². The maximum atomic E-state index is 13.5. The predicted octanol–water partition coefficient (Wildman–Crippen LogP) is 3.53. The zero-order valence-corrected chi connectivity index (χ0v) is 10.6. The molecule has 3 rings (SSSR count). The molecular weight excluding hydrogens is 293 g/mol. The van der Waals surface area contributed by atoms with Crippen molar-refractivity contribution in [1.82, 2.24) is 9.55 Å². The highest BCUT2D eigenvalue weighted by atomic mass is 19.2. The van der Waals surface area contributed by atoms with E-state index in [1.165, 1.54) is 6.20 Å². The van der Waals surface area contributed by atoms with Gasteiger partial charge in [0.2, 0.25) is 5.82 Å². The number of nitrogens with one attached hydrogen (secondary N) is 1. The Hall–Kier alpha value is -2.12. The summed E-state index contributed by atoms with van der Waals surface area (Å²) in [6.45, 7) is -0.0884. The van der Waals surface area contributed by atoms with Gasteiger partial charge in [-0.2, -0.15) is 0 Å². The first-order valence-electron chi connectivity index (χ1n) is 6.26. The standard InChI is InChI=1S/C13H10F5N3/c14-8-9(15)11(17)13(12(18)10(8)16)20-4-7-3-19-5-21(7)6-1-2-6/h3,5-6,20H,1-2,4H2. The first kappa shape index (κ1) is 13.8. The fourth-order valence-electron chi connectivity index (χ4n) is 2.09. The number of aromatic nitrogens is 2. The second-order valence-electron chi connectivity index (χ2n) is 4.82. The molecule has 3 nitrogen and oxygen atoms in total. The summed E-state index contributed by atoms with van der Waals surface area (Å²) in [5.74, 6) is -9.84. The molecule has 0 saturated heterocycles. The largest absolute Gasteiger partial charge is 0.374 e. The number of hydrogen-bond donors (Lipinski definition) is 1. The number of anilines is 1. The van der Waals surface area contributed by atoms with E-state index in [1.54, 1.807) is 6.33 Å². The molecule has 1 saturated carbocycles. The van der Waals surface area contributed by atoms with Crippen LogP contribution in [0, 0.1) is 29.1 Å². The van der Waals surface area contributed by atoms with E-state index in [9.17, 15) is 22.0 Å². The lowest BCUT2D eigenvalue weighted by Crippen LogP contribution is -2.12. The number of halogens is 5. The summed E-state index contributed by atoms with van der Waals surface area (Å²) in [7, 11) is 0. The van der Waals surface area contributed by atoms with Gasteiger partial charge in [0.1, 0.15) is 5.69 Å². The topological polar surface area (TPSA) is 29.9 Å². The molecule has 0 amide bonds. The van der Waals surface area contributed by atoms with Crippen LogP contribution in [0.25, 0.3) is 0 Å². The van der Waals surface area contributed by atoms with Gasteiger partial charge in [0.25, 0.3) is 0 Å². The van der Waals surface area contributed by atoms with Crippen LogP contribution in [-0.2, 0) is 6.54 Å². The van der Waals surface area contributed by atoms with Gasteiger partial charge >= 0.3 is 0 Å². The van der Waals surface area contributed by atoms with Gasteiger partial charge in [0.05, 0.1) is 18.6 Å². The van der Waals surface area contributed by atoms with E-state index in [2.05, 4.69) is 10.3 Å². The first-order chi connectivity index (χ1) is 10.0. The van der Waals surface area contributed by atoms with Gasteiger partial charge in [-0.05, 0) is 12.8 Å². The normalized spacial score (nSPS) is 14.5. The smallest absolute Gasteiger partial charge is 0.200 e. The van der Waals surface area contributed by atoms with Crippen LogP contribution in [0.3, 0.4) is 0 Å². The fourth-order valence-corrected chi connectivity index (χ4v) is 2.09. The highest BCUT2D eigenvalue weighted by Crippen LogP contribution is 2.36. The zero-order valence-electron chi connectivity index (χ0n) is 10.6. The van der Waals surface area contributed by atoms with E-state index < -0.39 is 34.8 Å². The fraction of sp³-hybridized carbons (Fsp3) is 0.308. The maximum Gasteiger partial charge on any atom is 0.200 e. The van der Waals surface area contributed by atoms with Crippen molar-refractivity contribution in [3.8, 4) is 0 Å². The monoisotopic (exact) mass is 303 g/mol. The minimum atomic E-state index is -2.17. The van der Waals surface area contributed by atoms with Crippen LogP contribution in [-0.4, -0.2) is 9.55 Å². The molecule has 8 heteroatoms. The van der Waals surface area contributed by atoms with Crippen LogP contribution in [0.2, 0.25) is 0 Å². The van der Waals surface area contributed by atoms with Gasteiger partial charge in [-0.3, -0.25) is 0 Å². The summed E-state index contributed by atoms with van der Waals surface area (Å²) in [5, 5.41) is 2.26. The molecule has 21 heavy (non-hydrogen) atoms. The minimum absolute atomic E-state index is 0.0884. The second kappa shape index (κ2) is 5.01. The van der Waals surface area contributed by atoms with Crippen LogP contribution in [0.4, 0.5) is 27.6 Å². The molecule has 2 aromatic rings. The Bertz CT molecular complexity index is 664. The third kappa shape index (κ3) is 2.34. The average molecular weight is 303 g/mol. The lowest BCUT2D eigenvalue weighted by Gasteiger charge is -2.12. The van der Waals surface area contributed by atoms with Crippen molar-refractivity contribution in [2.75, 3.05) is 5.32 Å². The number of nitrogens with zero attached hydrogens (tertiary/aromatic N) is 2. The van der Waals surface area contributed by atoms with E-state index in [1.807, 2.05) is 4.57 Å². The lowest BCUT2D eigenvalue weighted by molar-refractivity contribution is 0.381. The molecule has 0 spiro atoms. The Labute approximate surface area is 116 Å². The molecule has 0 radical (unpaired) electrons. The SMILES string of the molecule is Fc1c(F)c(F)c(NCc2cncn2C2CC2)c(F)c1F. The zero-order chi connectivity index (χ0) is 15.1. The number of imidazole rings is 1. The summed E-state index contributed by atoms with van der Waals surface area (Å²) in [6.07, 6.45) is 5.02. The molecule has 1 aromatic heterocycles. The molecule has 1 aromatic carbocycles. The number of rotatable bonds is 4. The molecule has 0 bridgehead atoms. The molecule has 1 N–H and O–H groups in total. The van der Waals surface area contributed by atoms with Crippen LogP contribution >= 0.6 is 0 Å².